The highest BCUT2D eigenvalue weighted by molar-refractivity contribution is 7.92. The molecule has 9 heteroatoms. The van der Waals surface area contributed by atoms with E-state index in [0.29, 0.717) is 0 Å². The van der Waals surface area contributed by atoms with Crippen LogP contribution in [0.1, 0.15) is 17.4 Å². The number of carbonyl (C=O) groups is 1. The maximum absolute atomic E-state index is 12.5. The summed E-state index contributed by atoms with van der Waals surface area (Å²) >= 11 is 0. The Balaban J connectivity index is 2.33. The first-order valence-electron chi connectivity index (χ1n) is 7.01. The molecule has 0 amide bonds. The van der Waals surface area contributed by atoms with Crippen LogP contribution in [0.15, 0.2) is 35.4 Å². The number of ether oxygens (including phenoxy) is 2. The molecule has 0 saturated carbocycles. The van der Waals surface area contributed by atoms with Gasteiger partial charge in [-0.1, -0.05) is 0 Å². The number of aromatic nitrogens is 1. The van der Waals surface area contributed by atoms with Crippen molar-refractivity contribution < 1.29 is 27.8 Å². The average Bonchev–Trinajstić information content (AvgIpc) is 2.87. The van der Waals surface area contributed by atoms with Crippen LogP contribution in [-0.2, 0) is 21.8 Å². The molecule has 24 heavy (non-hydrogen) atoms. The van der Waals surface area contributed by atoms with Crippen molar-refractivity contribution in [3.05, 3.63) is 36.2 Å². The van der Waals surface area contributed by atoms with Crippen LogP contribution in [0.5, 0.6) is 11.5 Å². The second-order valence-electron chi connectivity index (χ2n) is 4.88. The Morgan fingerprint density at radius 2 is 2.04 bits per heavy atom. The first-order chi connectivity index (χ1) is 11.3. The molecule has 0 saturated heterocycles. The second-order valence-corrected chi connectivity index (χ2v) is 6.54. The Kier molecular flexibility index (Phi) is 5.03. The molecule has 0 spiro atoms. The summed E-state index contributed by atoms with van der Waals surface area (Å²) in [6.45, 7) is 1.89. The van der Waals surface area contributed by atoms with Crippen molar-refractivity contribution in [1.29, 1.82) is 0 Å². The van der Waals surface area contributed by atoms with Crippen LogP contribution >= 0.6 is 0 Å². The van der Waals surface area contributed by atoms with Crippen molar-refractivity contribution in [2.45, 2.75) is 11.8 Å². The van der Waals surface area contributed by atoms with E-state index >= 15 is 0 Å². The number of nitrogens with zero attached hydrogens (tertiary/aromatic N) is 1. The van der Waals surface area contributed by atoms with Crippen LogP contribution in [0.4, 0.5) is 5.69 Å². The van der Waals surface area contributed by atoms with Gasteiger partial charge in [-0.25, -0.2) is 13.2 Å². The molecule has 0 bridgehead atoms. The van der Waals surface area contributed by atoms with Crippen molar-refractivity contribution in [3.8, 4) is 11.5 Å². The summed E-state index contributed by atoms with van der Waals surface area (Å²) < 4.78 is 38.5. The van der Waals surface area contributed by atoms with Gasteiger partial charge in [-0.05, 0) is 25.1 Å². The number of anilines is 1. The first kappa shape index (κ1) is 17.7. The van der Waals surface area contributed by atoms with Crippen molar-refractivity contribution in [3.63, 3.8) is 0 Å². The molecule has 0 unspecified atom stereocenters. The molecular formula is C15H18N2O6S. The van der Waals surface area contributed by atoms with Gasteiger partial charge in [0.05, 0.1) is 19.4 Å². The molecule has 2 N–H and O–H groups in total. The van der Waals surface area contributed by atoms with Gasteiger partial charge in [-0.15, -0.1) is 0 Å². The Labute approximate surface area is 139 Å². The molecule has 0 fully saturated rings. The second kappa shape index (κ2) is 6.83. The topological polar surface area (TPSA) is 107 Å². The first-order valence-corrected chi connectivity index (χ1v) is 8.50. The maximum atomic E-state index is 12.5. The highest BCUT2D eigenvalue weighted by Crippen LogP contribution is 2.29. The van der Waals surface area contributed by atoms with Gasteiger partial charge in [0.1, 0.15) is 22.1 Å². The third kappa shape index (κ3) is 3.62. The fourth-order valence-electron chi connectivity index (χ4n) is 2.08. The van der Waals surface area contributed by atoms with Gasteiger partial charge < -0.3 is 19.1 Å². The van der Waals surface area contributed by atoms with Crippen LogP contribution in [0.2, 0.25) is 0 Å². The smallest absolute Gasteiger partial charge is 0.355 e. The van der Waals surface area contributed by atoms with Crippen molar-refractivity contribution in [2.24, 2.45) is 7.05 Å². The van der Waals surface area contributed by atoms with E-state index in [0.717, 1.165) is 0 Å². The molecule has 8 nitrogen and oxygen atoms in total. The molecule has 0 atom stereocenters. The average molecular weight is 354 g/mol. The maximum Gasteiger partial charge on any atom is 0.355 e. The molecule has 1 aromatic heterocycles. The van der Waals surface area contributed by atoms with Crippen molar-refractivity contribution in [2.75, 3.05) is 18.4 Å². The summed E-state index contributed by atoms with van der Waals surface area (Å²) in [5.74, 6) is -0.687. The van der Waals surface area contributed by atoms with Crippen LogP contribution in [0.3, 0.4) is 0 Å². The fourth-order valence-corrected chi connectivity index (χ4v) is 3.22. The molecule has 2 aromatic rings. The number of hydrogen-bond donors (Lipinski definition) is 2. The number of aromatic hydroxyl groups is 1. The summed E-state index contributed by atoms with van der Waals surface area (Å²) in [6.07, 6.45) is 1.43. The van der Waals surface area contributed by atoms with Gasteiger partial charge in [-0.2, -0.15) is 0 Å². The number of methoxy groups -OCH3 is 1. The molecule has 0 aliphatic carbocycles. The molecule has 0 radical (unpaired) electrons. The van der Waals surface area contributed by atoms with Gasteiger partial charge in [0, 0.05) is 19.3 Å². The van der Waals surface area contributed by atoms with Crippen molar-refractivity contribution >= 4 is 21.7 Å². The van der Waals surface area contributed by atoms with E-state index in [9.17, 15) is 18.3 Å². The lowest BCUT2D eigenvalue weighted by Crippen LogP contribution is -2.13. The van der Waals surface area contributed by atoms with E-state index in [4.69, 9.17) is 9.47 Å². The Bertz CT molecular complexity index is 857. The zero-order valence-electron chi connectivity index (χ0n) is 13.4. The van der Waals surface area contributed by atoms with Crippen LogP contribution in [-0.4, -0.2) is 37.8 Å². The summed E-state index contributed by atoms with van der Waals surface area (Å²) in [6, 6.07) is 5.22. The number of benzene rings is 1. The van der Waals surface area contributed by atoms with E-state index in [-0.39, 0.29) is 28.6 Å². The number of phenolic OH excluding ortho intramolecular Hbond substituents is 1. The monoisotopic (exact) mass is 354 g/mol. The summed E-state index contributed by atoms with van der Waals surface area (Å²) in [7, 11) is -1.09. The number of carbonyl (C=O) groups excluding carboxylic acids is 1. The van der Waals surface area contributed by atoms with E-state index in [2.05, 4.69) is 4.72 Å². The number of nitrogens with one attached hydrogen (secondary N) is 1. The van der Waals surface area contributed by atoms with Gasteiger partial charge >= 0.3 is 5.97 Å². The molecule has 0 aliphatic heterocycles. The Hall–Kier alpha value is -2.68. The largest absolute Gasteiger partial charge is 0.507 e. The normalized spacial score (nSPS) is 11.1. The minimum absolute atomic E-state index is 0.169. The summed E-state index contributed by atoms with van der Waals surface area (Å²) in [5, 5.41) is 9.81. The zero-order valence-corrected chi connectivity index (χ0v) is 14.3. The lowest BCUT2D eigenvalue weighted by Gasteiger charge is -2.09. The molecular weight excluding hydrogens is 336 g/mol. The molecule has 130 valence electrons. The lowest BCUT2D eigenvalue weighted by atomic mass is 10.3. The van der Waals surface area contributed by atoms with Crippen molar-refractivity contribution in [1.82, 2.24) is 4.57 Å². The number of sulfonamides is 1. The van der Waals surface area contributed by atoms with Gasteiger partial charge in [-0.3, -0.25) is 4.72 Å². The standard InChI is InChI=1S/C15H18N2O6S/c1-4-23-15(19)12-7-10(9-17(12)2)16-24(20,21)14-8-11(22-3)5-6-13(14)18/h5-9,16,18H,4H2,1-3H3. The quantitative estimate of drug-likeness (QED) is 0.765. The van der Waals surface area contributed by atoms with Gasteiger partial charge in [0.25, 0.3) is 10.0 Å². The number of phenols is 1. The van der Waals surface area contributed by atoms with E-state index < -0.39 is 21.7 Å². The van der Waals surface area contributed by atoms with Gasteiger partial charge in [0.2, 0.25) is 0 Å². The van der Waals surface area contributed by atoms with Crippen LogP contribution in [0, 0.1) is 0 Å². The molecule has 2 rings (SSSR count). The van der Waals surface area contributed by atoms with Crippen LogP contribution < -0.4 is 9.46 Å². The Morgan fingerprint density at radius 3 is 2.67 bits per heavy atom. The zero-order chi connectivity index (χ0) is 17.9. The number of hydrogen-bond acceptors (Lipinski definition) is 6. The SMILES string of the molecule is CCOC(=O)c1cc(NS(=O)(=O)c2cc(OC)ccc2O)cn1C. The number of esters is 1. The predicted octanol–water partition coefficient (Wildman–Crippen LogP) is 1.72. The Morgan fingerprint density at radius 1 is 1.33 bits per heavy atom. The summed E-state index contributed by atoms with van der Waals surface area (Å²) in [4.78, 5) is 11.4. The minimum atomic E-state index is -4.06. The lowest BCUT2D eigenvalue weighted by molar-refractivity contribution is 0.0515. The van der Waals surface area contributed by atoms with E-state index in [1.54, 1.807) is 14.0 Å². The van der Waals surface area contributed by atoms with E-state index in [1.165, 1.54) is 42.1 Å². The predicted molar refractivity (Wildman–Crippen MR) is 86.8 cm³/mol. The third-order valence-corrected chi connectivity index (χ3v) is 4.61. The minimum Gasteiger partial charge on any atom is -0.507 e. The third-order valence-electron chi connectivity index (χ3n) is 3.20. The number of aryl methyl sites for hydroxylation is 1. The highest BCUT2D eigenvalue weighted by atomic mass is 32.2. The highest BCUT2D eigenvalue weighted by Gasteiger charge is 2.22. The van der Waals surface area contributed by atoms with Gasteiger partial charge in [0.15, 0.2) is 0 Å². The summed E-state index contributed by atoms with van der Waals surface area (Å²) in [5.41, 5.74) is 0.368. The fraction of sp³-hybridized carbons (Fsp3) is 0.267. The molecule has 1 aromatic carbocycles. The van der Waals surface area contributed by atoms with E-state index in [1.807, 2.05) is 0 Å². The number of rotatable bonds is 6. The van der Waals surface area contributed by atoms with Crippen LogP contribution in [0.25, 0.3) is 0 Å². The molecule has 1 heterocycles. The molecule has 0 aliphatic rings.